The number of benzene rings is 2. The number of rotatable bonds is 5. The first-order chi connectivity index (χ1) is 18.3. The van der Waals surface area contributed by atoms with Crippen LogP contribution >= 0.6 is 0 Å². The third kappa shape index (κ3) is 4.66. The first kappa shape index (κ1) is 27.4. The zero-order valence-electron chi connectivity index (χ0n) is 21.5. The molecule has 3 aliphatic heterocycles. The first-order valence-electron chi connectivity index (χ1n) is 12.6. The molecule has 1 fully saturated rings. The van der Waals surface area contributed by atoms with Crippen molar-refractivity contribution in [2.45, 2.75) is 42.3 Å². The van der Waals surface area contributed by atoms with Crippen LogP contribution < -0.4 is 8.79 Å². The quantitative estimate of drug-likeness (QED) is 0.512. The Hall–Kier alpha value is -3.16. The summed E-state index contributed by atoms with van der Waals surface area (Å²) < 4.78 is 72.6. The Bertz CT molecular complexity index is 1410. The number of carbonyl (C=O) groups excluding carboxylic acids is 2. The average molecular weight is 569 g/mol. The lowest BCUT2D eigenvalue weighted by atomic mass is 9.97. The maximum atomic E-state index is 14.2. The lowest BCUT2D eigenvalue weighted by Crippen LogP contribution is -2.57. The molecule has 3 aliphatic rings. The van der Waals surface area contributed by atoms with E-state index in [9.17, 15) is 31.2 Å². The third-order valence-electron chi connectivity index (χ3n) is 7.79. The second-order valence-electron chi connectivity index (χ2n) is 10.2. The fraction of sp³-hybridized carbons (Fsp3) is 0.462. The molecule has 210 valence electrons. The number of para-hydroxylation sites is 1. The van der Waals surface area contributed by atoms with Crippen LogP contribution in [-0.2, 0) is 30.9 Å². The number of likely N-dealkylation sites (tertiary alicyclic amines) is 1. The minimum absolute atomic E-state index is 0.116. The second-order valence-corrected chi connectivity index (χ2v) is 12.2. The van der Waals surface area contributed by atoms with E-state index in [1.165, 1.54) is 36.4 Å². The number of fused-ring (bicyclic) bond motifs is 2. The number of nitrogens with zero attached hydrogens (tertiary/aromatic N) is 3. The zero-order chi connectivity index (χ0) is 28.2. The van der Waals surface area contributed by atoms with Gasteiger partial charge in [-0.2, -0.15) is 21.6 Å². The highest BCUT2D eigenvalue weighted by molar-refractivity contribution is 7.90. The number of hydrogen-bond acceptors (Lipinski definition) is 7. The van der Waals surface area contributed by atoms with Crippen molar-refractivity contribution in [3.63, 3.8) is 0 Å². The van der Waals surface area contributed by atoms with Crippen LogP contribution in [0.5, 0.6) is 5.75 Å². The van der Waals surface area contributed by atoms with Gasteiger partial charge in [0.05, 0.1) is 6.61 Å². The molecule has 1 unspecified atom stereocenters. The minimum Gasteiger partial charge on any atom is -0.493 e. The molecule has 0 N–H and O–H groups in total. The van der Waals surface area contributed by atoms with E-state index in [2.05, 4.69) is 4.90 Å². The van der Waals surface area contributed by atoms with Crippen LogP contribution in [0.4, 0.5) is 18.9 Å². The van der Waals surface area contributed by atoms with E-state index in [1.807, 2.05) is 7.05 Å². The summed E-state index contributed by atoms with van der Waals surface area (Å²) in [5, 5.41) is 0. The van der Waals surface area contributed by atoms with Gasteiger partial charge in [-0.05, 0) is 56.7 Å². The molecule has 0 bridgehead atoms. The lowest BCUT2D eigenvalue weighted by molar-refractivity contribution is -0.220. The number of alkyl halides is 3. The van der Waals surface area contributed by atoms with Gasteiger partial charge >= 0.3 is 22.2 Å². The molecule has 2 aromatic carbocycles. The summed E-state index contributed by atoms with van der Waals surface area (Å²) in [6.45, 7) is 1.14. The SMILES string of the molecule is CN1CCC(N(C)C(=O)C2C[N@@+](OC(=O)C(F)(F)F)(S(=O)(=O)c3ccc4c(c3)CCO4)c3ccccc32)CC1. The van der Waals surface area contributed by atoms with Gasteiger partial charge < -0.3 is 14.5 Å². The molecule has 5 rings (SSSR count). The van der Waals surface area contributed by atoms with Crippen molar-refractivity contribution in [3.05, 3.63) is 53.6 Å². The van der Waals surface area contributed by atoms with Crippen molar-refractivity contribution in [1.82, 2.24) is 13.9 Å². The Kier molecular flexibility index (Phi) is 6.88. The maximum absolute atomic E-state index is 14.2. The zero-order valence-corrected chi connectivity index (χ0v) is 22.3. The molecular weight excluding hydrogens is 539 g/mol. The van der Waals surface area contributed by atoms with E-state index in [0.717, 1.165) is 13.1 Å². The topological polar surface area (TPSA) is 93.2 Å². The van der Waals surface area contributed by atoms with E-state index >= 15 is 0 Å². The molecule has 13 heteroatoms. The molecule has 0 aliphatic carbocycles. The Morgan fingerprint density at radius 3 is 2.51 bits per heavy atom. The number of ether oxygens (including phenoxy) is 1. The lowest BCUT2D eigenvalue weighted by Gasteiger charge is -2.36. The summed E-state index contributed by atoms with van der Waals surface area (Å²) in [5.41, 5.74) is 0.561. The Morgan fingerprint density at radius 2 is 1.82 bits per heavy atom. The van der Waals surface area contributed by atoms with Gasteiger partial charge in [0.25, 0.3) is 0 Å². The van der Waals surface area contributed by atoms with Gasteiger partial charge in [-0.15, -0.1) is 0 Å². The highest BCUT2D eigenvalue weighted by Gasteiger charge is 2.63. The Labute approximate surface area is 224 Å². The number of amides is 1. The van der Waals surface area contributed by atoms with Gasteiger partial charge in [-0.25, -0.2) is 9.63 Å². The number of halogens is 3. The summed E-state index contributed by atoms with van der Waals surface area (Å²) in [4.78, 5) is 34.3. The predicted molar refractivity (Wildman–Crippen MR) is 134 cm³/mol. The highest BCUT2D eigenvalue weighted by Crippen LogP contribution is 2.48. The van der Waals surface area contributed by atoms with Crippen molar-refractivity contribution in [3.8, 4) is 5.75 Å². The third-order valence-corrected chi connectivity index (χ3v) is 9.84. The fourth-order valence-electron chi connectivity index (χ4n) is 5.59. The molecule has 2 aromatic rings. The van der Waals surface area contributed by atoms with Gasteiger partial charge in [-0.1, -0.05) is 18.2 Å². The summed E-state index contributed by atoms with van der Waals surface area (Å²) in [5.74, 6) is -3.79. The summed E-state index contributed by atoms with van der Waals surface area (Å²) in [6, 6.07) is 9.63. The minimum atomic E-state index is -5.46. The maximum Gasteiger partial charge on any atom is 0.497 e. The van der Waals surface area contributed by atoms with Crippen LogP contribution in [0.2, 0.25) is 0 Å². The van der Waals surface area contributed by atoms with E-state index in [1.54, 1.807) is 18.0 Å². The summed E-state index contributed by atoms with van der Waals surface area (Å²) >= 11 is 0. The molecule has 39 heavy (non-hydrogen) atoms. The molecule has 2 atom stereocenters. The second kappa shape index (κ2) is 9.79. The standard InChI is InChI=1S/C26H29F3N3O6S/c1-30-12-9-18(10-13-30)31(2)24(33)21-16-32(38-25(34)26(27,28)29,22-6-4-3-5-20(21)22)39(35,36)19-7-8-23-17(15-19)11-14-37-23/h3-8,15,18,21H,9-14,16H2,1-2H3/q+1/t21?,32-/m1/s1. The molecule has 0 radical (unpaired) electrons. The molecule has 0 aromatic heterocycles. The van der Waals surface area contributed by atoms with Crippen molar-refractivity contribution < 1.29 is 40.8 Å². The van der Waals surface area contributed by atoms with Crippen LogP contribution in [0.15, 0.2) is 47.4 Å². The van der Waals surface area contributed by atoms with E-state index in [4.69, 9.17) is 9.57 Å². The van der Waals surface area contributed by atoms with Crippen molar-refractivity contribution in [1.29, 1.82) is 0 Å². The smallest absolute Gasteiger partial charge is 0.493 e. The van der Waals surface area contributed by atoms with E-state index in [-0.39, 0.29) is 22.2 Å². The van der Waals surface area contributed by atoms with E-state index in [0.29, 0.717) is 37.2 Å². The van der Waals surface area contributed by atoms with Gasteiger partial charge in [-0.3, -0.25) is 4.79 Å². The van der Waals surface area contributed by atoms with Gasteiger partial charge in [0.15, 0.2) is 12.2 Å². The molecule has 3 heterocycles. The number of carbonyl (C=O) groups is 2. The van der Waals surface area contributed by atoms with Gasteiger partial charge in [0.1, 0.15) is 16.6 Å². The molecule has 1 amide bonds. The van der Waals surface area contributed by atoms with E-state index < -0.39 is 44.6 Å². The predicted octanol–water partition coefficient (Wildman–Crippen LogP) is 2.99. The van der Waals surface area contributed by atoms with Gasteiger partial charge in [0.2, 0.25) is 5.91 Å². The van der Waals surface area contributed by atoms with Crippen molar-refractivity contribution in [2.24, 2.45) is 0 Å². The largest absolute Gasteiger partial charge is 0.497 e. The van der Waals surface area contributed by atoms with Crippen LogP contribution in [0.3, 0.4) is 0 Å². The number of piperidine rings is 1. The molecule has 0 spiro atoms. The van der Waals surface area contributed by atoms with Gasteiger partial charge in [0, 0.05) is 35.2 Å². The van der Waals surface area contributed by atoms with Crippen molar-refractivity contribution in [2.75, 3.05) is 40.3 Å². The number of sulfonamides is 1. The number of likely N-dealkylation sites (N-methyl/N-ethyl adjacent to an activating group) is 1. The first-order valence-corrected chi connectivity index (χ1v) is 14.0. The van der Waals surface area contributed by atoms with Crippen LogP contribution in [0, 0.1) is 0 Å². The van der Waals surface area contributed by atoms with Crippen LogP contribution in [0.1, 0.15) is 29.9 Å². The molecule has 9 nitrogen and oxygen atoms in total. The average Bonchev–Trinajstić information content (AvgIpc) is 3.51. The Balaban J connectivity index is 1.60. The fourth-order valence-corrected chi connectivity index (χ4v) is 7.40. The van der Waals surface area contributed by atoms with Crippen molar-refractivity contribution >= 4 is 27.6 Å². The molecule has 1 saturated heterocycles. The summed E-state index contributed by atoms with van der Waals surface area (Å²) in [7, 11) is -1.26. The van der Waals surface area contributed by atoms with Crippen LogP contribution in [-0.4, -0.2) is 82.6 Å². The Morgan fingerprint density at radius 1 is 1.13 bits per heavy atom. The van der Waals surface area contributed by atoms with Crippen LogP contribution in [0.25, 0.3) is 0 Å². The molecule has 0 saturated carbocycles. The number of hydrogen-bond donors (Lipinski definition) is 0. The number of quaternary nitrogens is 1. The normalized spacial score (nSPS) is 23.6. The molecular formula is C26H29F3N3O6S+. The highest BCUT2D eigenvalue weighted by atomic mass is 32.2. The summed E-state index contributed by atoms with van der Waals surface area (Å²) in [6.07, 6.45) is -3.65. The monoisotopic (exact) mass is 568 g/mol. The number of hydroxylamine groups is 1.